The first-order valence-corrected chi connectivity index (χ1v) is 6.05. The molecule has 1 nitrogen and oxygen atoms in total. The van der Waals surface area contributed by atoms with Gasteiger partial charge < -0.3 is 0 Å². The molecule has 0 saturated carbocycles. The Morgan fingerprint density at radius 2 is 1.67 bits per heavy atom. The van der Waals surface area contributed by atoms with Crippen LogP contribution in [-0.4, -0.2) is 39.8 Å². The fraction of sp³-hybridized carbons (Fsp3) is 0.400. The van der Waals surface area contributed by atoms with E-state index in [9.17, 15) is 0 Å². The summed E-state index contributed by atoms with van der Waals surface area (Å²) in [4.78, 5) is 0. The molecule has 1 aromatic rings. The third-order valence-electron chi connectivity index (χ3n) is 1.46. The SMILES string of the molecule is C[N+](C)(C)[Se]Cc1ccccc1. The molecule has 0 aromatic heterocycles. The number of hydrogen-bond donors (Lipinski definition) is 0. The van der Waals surface area contributed by atoms with Gasteiger partial charge in [0, 0.05) is 0 Å². The van der Waals surface area contributed by atoms with E-state index in [0.717, 1.165) is 3.50 Å². The van der Waals surface area contributed by atoms with Crippen molar-refractivity contribution >= 4 is 15.2 Å². The average Bonchev–Trinajstić information content (AvgIpc) is 2.02. The summed E-state index contributed by atoms with van der Waals surface area (Å²) in [6.07, 6.45) is 0. The molecule has 1 rings (SSSR count). The van der Waals surface area contributed by atoms with Crippen molar-refractivity contribution < 1.29 is 3.50 Å². The van der Waals surface area contributed by atoms with E-state index >= 15 is 0 Å². The van der Waals surface area contributed by atoms with E-state index in [1.54, 1.807) is 0 Å². The van der Waals surface area contributed by atoms with Gasteiger partial charge in [-0.25, -0.2) is 0 Å². The molecule has 0 heterocycles. The summed E-state index contributed by atoms with van der Waals surface area (Å²) >= 11 is 0.654. The number of nitrogens with zero attached hydrogens (tertiary/aromatic N) is 1. The van der Waals surface area contributed by atoms with Crippen LogP contribution in [0.4, 0.5) is 0 Å². The minimum atomic E-state index is 0.654. The van der Waals surface area contributed by atoms with Crippen molar-refractivity contribution in [3.05, 3.63) is 35.9 Å². The van der Waals surface area contributed by atoms with Gasteiger partial charge in [-0.05, 0) is 0 Å². The van der Waals surface area contributed by atoms with Crippen molar-refractivity contribution in [1.82, 2.24) is 0 Å². The molecule has 1 aromatic carbocycles. The number of benzene rings is 1. The standard InChI is InChI=1S/C10H16NSe/c1-11(2,3)12-9-10-7-5-4-6-8-10/h4-8H,9H2,1-3H3/q+1. The predicted octanol–water partition coefficient (Wildman–Crippen LogP) is 1.51. The Kier molecular flexibility index (Phi) is 3.33. The Morgan fingerprint density at radius 3 is 2.17 bits per heavy atom. The molecule has 0 N–H and O–H groups in total. The van der Waals surface area contributed by atoms with E-state index in [1.165, 1.54) is 10.9 Å². The van der Waals surface area contributed by atoms with Crippen molar-refractivity contribution in [3.8, 4) is 0 Å². The second-order valence-corrected chi connectivity index (χ2v) is 7.09. The van der Waals surface area contributed by atoms with E-state index < -0.39 is 0 Å². The topological polar surface area (TPSA) is 0 Å². The van der Waals surface area contributed by atoms with Crippen molar-refractivity contribution in [2.75, 3.05) is 21.1 Å². The number of quaternary nitrogens is 1. The quantitative estimate of drug-likeness (QED) is 0.689. The molecule has 0 spiro atoms. The monoisotopic (exact) mass is 230 g/mol. The van der Waals surface area contributed by atoms with Crippen LogP contribution in [0.25, 0.3) is 0 Å². The van der Waals surface area contributed by atoms with Crippen LogP contribution in [0.15, 0.2) is 30.3 Å². The molecule has 0 aliphatic heterocycles. The zero-order valence-corrected chi connectivity index (χ0v) is 9.66. The summed E-state index contributed by atoms with van der Waals surface area (Å²) in [7, 11) is 6.76. The Hall–Kier alpha value is -0.301. The van der Waals surface area contributed by atoms with Gasteiger partial charge in [-0.15, -0.1) is 0 Å². The van der Waals surface area contributed by atoms with Crippen LogP contribution in [0.3, 0.4) is 0 Å². The summed E-state index contributed by atoms with van der Waals surface area (Å²) < 4.78 is 1.10. The van der Waals surface area contributed by atoms with Crippen LogP contribution in [0, 0.1) is 0 Å². The second kappa shape index (κ2) is 4.08. The van der Waals surface area contributed by atoms with E-state index in [4.69, 9.17) is 0 Å². The van der Waals surface area contributed by atoms with Crippen LogP contribution in [0.5, 0.6) is 0 Å². The molecule has 0 bridgehead atoms. The van der Waals surface area contributed by atoms with Crippen LogP contribution >= 0.6 is 0 Å². The summed E-state index contributed by atoms with van der Waals surface area (Å²) in [6, 6.07) is 10.7. The van der Waals surface area contributed by atoms with Crippen LogP contribution in [0.2, 0.25) is 0 Å². The van der Waals surface area contributed by atoms with Crippen LogP contribution < -0.4 is 0 Å². The number of hydrogen-bond acceptors (Lipinski definition) is 0. The van der Waals surface area contributed by atoms with Gasteiger partial charge in [0.15, 0.2) is 0 Å². The predicted molar refractivity (Wildman–Crippen MR) is 53.9 cm³/mol. The molecule has 12 heavy (non-hydrogen) atoms. The van der Waals surface area contributed by atoms with Gasteiger partial charge in [-0.3, -0.25) is 0 Å². The maximum absolute atomic E-state index is 2.25. The zero-order chi connectivity index (χ0) is 9.03. The summed E-state index contributed by atoms with van der Waals surface area (Å²) in [5.41, 5.74) is 1.46. The molecule has 0 amide bonds. The Labute approximate surface area is 81.4 Å². The van der Waals surface area contributed by atoms with Crippen molar-refractivity contribution in [3.63, 3.8) is 0 Å². The van der Waals surface area contributed by atoms with Crippen molar-refractivity contribution in [2.45, 2.75) is 5.32 Å². The first kappa shape index (κ1) is 9.78. The molecular weight excluding hydrogens is 213 g/mol. The molecule has 0 radical (unpaired) electrons. The normalized spacial score (nSPS) is 11.6. The average molecular weight is 229 g/mol. The van der Waals surface area contributed by atoms with Crippen molar-refractivity contribution in [1.29, 1.82) is 0 Å². The Morgan fingerprint density at radius 1 is 1.08 bits per heavy atom. The Bertz CT molecular complexity index is 225. The fourth-order valence-corrected chi connectivity index (χ4v) is 2.37. The van der Waals surface area contributed by atoms with E-state index in [-0.39, 0.29) is 0 Å². The number of rotatable bonds is 3. The van der Waals surface area contributed by atoms with E-state index in [0.29, 0.717) is 15.2 Å². The van der Waals surface area contributed by atoms with Gasteiger partial charge in [-0.1, -0.05) is 0 Å². The van der Waals surface area contributed by atoms with Crippen molar-refractivity contribution in [2.24, 2.45) is 0 Å². The Balaban J connectivity index is 2.44. The van der Waals surface area contributed by atoms with Gasteiger partial charge in [0.25, 0.3) is 0 Å². The van der Waals surface area contributed by atoms with E-state index in [2.05, 4.69) is 51.5 Å². The zero-order valence-electron chi connectivity index (χ0n) is 7.95. The molecule has 0 atom stereocenters. The molecule has 66 valence electrons. The van der Waals surface area contributed by atoms with E-state index in [1.807, 2.05) is 0 Å². The molecule has 0 aliphatic carbocycles. The first-order valence-electron chi connectivity index (χ1n) is 4.08. The van der Waals surface area contributed by atoms with Gasteiger partial charge >= 0.3 is 81.0 Å². The van der Waals surface area contributed by atoms with Gasteiger partial charge in [0.2, 0.25) is 0 Å². The molecule has 0 fully saturated rings. The fourth-order valence-electron chi connectivity index (χ4n) is 0.842. The second-order valence-electron chi connectivity index (χ2n) is 3.65. The summed E-state index contributed by atoms with van der Waals surface area (Å²) in [6.45, 7) is 0. The van der Waals surface area contributed by atoms with Crippen LogP contribution in [0.1, 0.15) is 5.56 Å². The summed E-state index contributed by atoms with van der Waals surface area (Å²) in [5.74, 6) is 0. The van der Waals surface area contributed by atoms with Crippen LogP contribution in [-0.2, 0) is 5.32 Å². The third-order valence-corrected chi connectivity index (χ3v) is 4.06. The van der Waals surface area contributed by atoms with Gasteiger partial charge in [0.05, 0.1) is 0 Å². The minimum absolute atomic E-state index is 0.654. The summed E-state index contributed by atoms with van der Waals surface area (Å²) in [5, 5.41) is 1.23. The molecule has 2 heteroatoms. The molecule has 0 saturated heterocycles. The molecule has 0 unspecified atom stereocenters. The molecular formula is C10H16NSe+. The van der Waals surface area contributed by atoms with Gasteiger partial charge in [-0.2, -0.15) is 0 Å². The van der Waals surface area contributed by atoms with Gasteiger partial charge in [0.1, 0.15) is 0 Å². The third kappa shape index (κ3) is 3.91. The molecule has 0 aliphatic rings. The first-order chi connectivity index (χ1) is 5.58. The maximum atomic E-state index is 2.25.